The number of thioether (sulfide) groups is 1. The molecule has 0 saturated carbocycles. The molecule has 0 radical (unpaired) electrons. The number of hydrogen-bond donors (Lipinski definition) is 1. The number of carbonyl (C=O) groups excluding carboxylic acids is 2. The van der Waals surface area contributed by atoms with Gasteiger partial charge in [-0.3, -0.25) is 9.59 Å². The molecular weight excluding hydrogens is 368 g/mol. The van der Waals surface area contributed by atoms with Crippen molar-refractivity contribution in [2.45, 2.75) is 50.3 Å². The minimum absolute atomic E-state index is 0.141. The summed E-state index contributed by atoms with van der Waals surface area (Å²) in [5.41, 5.74) is 2.26. The molecule has 0 fully saturated rings. The Labute approximate surface area is 171 Å². The Bertz CT molecular complexity index is 808. The first kappa shape index (κ1) is 20.5. The zero-order valence-corrected chi connectivity index (χ0v) is 17.3. The van der Waals surface area contributed by atoms with Gasteiger partial charge in [0, 0.05) is 22.7 Å². The highest BCUT2D eigenvalue weighted by molar-refractivity contribution is 8.00. The van der Waals surface area contributed by atoms with Gasteiger partial charge in [-0.05, 0) is 36.8 Å². The predicted octanol–water partition coefficient (Wildman–Crippen LogP) is 5.74. The summed E-state index contributed by atoms with van der Waals surface area (Å²) >= 11 is 1.57. The Morgan fingerprint density at radius 2 is 1.79 bits per heavy atom. The second-order valence-corrected chi connectivity index (χ2v) is 8.12. The number of amides is 2. The number of nitrogens with one attached hydrogen (secondary N) is 1. The van der Waals surface area contributed by atoms with Crippen molar-refractivity contribution in [1.29, 1.82) is 0 Å². The van der Waals surface area contributed by atoms with Crippen molar-refractivity contribution < 1.29 is 9.59 Å². The van der Waals surface area contributed by atoms with Crippen molar-refractivity contribution in [3.8, 4) is 0 Å². The minimum Gasteiger partial charge on any atom is -0.322 e. The molecule has 0 unspecified atom stereocenters. The van der Waals surface area contributed by atoms with Crippen molar-refractivity contribution in [3.63, 3.8) is 0 Å². The van der Waals surface area contributed by atoms with Crippen LogP contribution in [0.4, 0.5) is 11.4 Å². The van der Waals surface area contributed by atoms with E-state index in [-0.39, 0.29) is 11.8 Å². The second kappa shape index (κ2) is 10.3. The summed E-state index contributed by atoms with van der Waals surface area (Å²) in [4.78, 5) is 27.9. The summed E-state index contributed by atoms with van der Waals surface area (Å²) < 4.78 is 0. The maximum atomic E-state index is 12.5. The highest BCUT2D eigenvalue weighted by atomic mass is 32.2. The average Bonchev–Trinajstić information content (AvgIpc) is 2.72. The zero-order valence-electron chi connectivity index (χ0n) is 16.4. The van der Waals surface area contributed by atoms with Crippen molar-refractivity contribution >= 4 is 35.0 Å². The lowest BCUT2D eigenvalue weighted by Gasteiger charge is -2.29. The second-order valence-electron chi connectivity index (χ2n) is 7.10. The molecule has 0 spiro atoms. The molecule has 0 atom stereocenters. The molecule has 0 saturated heterocycles. The number of hydrogen-bond acceptors (Lipinski definition) is 3. The van der Waals surface area contributed by atoms with E-state index in [4.69, 9.17) is 0 Å². The summed E-state index contributed by atoms with van der Waals surface area (Å²) in [7, 11) is 0. The van der Waals surface area contributed by atoms with E-state index in [0.29, 0.717) is 11.3 Å². The SMILES string of the molecule is CCCCCCCCN1C(=O)CSc2ccc(NC(=O)c3ccccc3)cc21. The van der Waals surface area contributed by atoms with Gasteiger partial charge < -0.3 is 10.2 Å². The normalized spacial score (nSPS) is 13.3. The molecule has 1 aliphatic rings. The van der Waals surface area contributed by atoms with Crippen LogP contribution in [0.25, 0.3) is 0 Å². The number of nitrogens with zero attached hydrogens (tertiary/aromatic N) is 1. The maximum Gasteiger partial charge on any atom is 0.255 e. The van der Waals surface area contributed by atoms with E-state index in [1.54, 1.807) is 23.9 Å². The molecule has 0 bridgehead atoms. The zero-order chi connectivity index (χ0) is 19.8. The van der Waals surface area contributed by atoms with Gasteiger partial charge in [0.1, 0.15) is 0 Å². The van der Waals surface area contributed by atoms with Crippen LogP contribution in [-0.4, -0.2) is 24.1 Å². The van der Waals surface area contributed by atoms with E-state index < -0.39 is 0 Å². The molecule has 28 heavy (non-hydrogen) atoms. The quantitative estimate of drug-likeness (QED) is 0.550. The Morgan fingerprint density at radius 1 is 1.04 bits per heavy atom. The van der Waals surface area contributed by atoms with Gasteiger partial charge >= 0.3 is 0 Å². The van der Waals surface area contributed by atoms with Gasteiger partial charge in [0.05, 0.1) is 11.4 Å². The smallest absolute Gasteiger partial charge is 0.255 e. The first-order valence-electron chi connectivity index (χ1n) is 10.1. The molecule has 4 nitrogen and oxygen atoms in total. The largest absolute Gasteiger partial charge is 0.322 e. The molecule has 3 rings (SSSR count). The van der Waals surface area contributed by atoms with Gasteiger partial charge in [0.2, 0.25) is 5.91 Å². The third kappa shape index (κ3) is 5.38. The first-order chi connectivity index (χ1) is 13.7. The fraction of sp³-hybridized carbons (Fsp3) is 0.391. The van der Waals surface area contributed by atoms with Crippen LogP contribution in [0.15, 0.2) is 53.4 Å². The van der Waals surface area contributed by atoms with Crippen LogP contribution in [0.2, 0.25) is 0 Å². The van der Waals surface area contributed by atoms with Gasteiger partial charge in [-0.15, -0.1) is 11.8 Å². The highest BCUT2D eigenvalue weighted by Crippen LogP contribution is 2.37. The summed E-state index contributed by atoms with van der Waals surface area (Å²) in [5.74, 6) is 0.494. The van der Waals surface area contributed by atoms with Crippen LogP contribution in [-0.2, 0) is 4.79 Å². The number of rotatable bonds is 9. The van der Waals surface area contributed by atoms with Crippen LogP contribution in [0.3, 0.4) is 0 Å². The van der Waals surface area contributed by atoms with Gasteiger partial charge in [0.25, 0.3) is 5.91 Å². The van der Waals surface area contributed by atoms with Crippen molar-refractivity contribution in [2.75, 3.05) is 22.5 Å². The fourth-order valence-corrected chi connectivity index (χ4v) is 4.28. The van der Waals surface area contributed by atoms with E-state index in [1.165, 1.54) is 25.7 Å². The summed E-state index contributed by atoms with van der Waals surface area (Å²) in [6.45, 7) is 2.96. The third-order valence-electron chi connectivity index (χ3n) is 4.93. The summed E-state index contributed by atoms with van der Waals surface area (Å²) in [6.07, 6.45) is 7.19. The molecule has 0 aliphatic carbocycles. The van der Waals surface area contributed by atoms with Gasteiger partial charge in [-0.25, -0.2) is 0 Å². The predicted molar refractivity (Wildman–Crippen MR) is 117 cm³/mol. The molecule has 2 aromatic rings. The van der Waals surface area contributed by atoms with Crippen LogP contribution in [0.1, 0.15) is 55.8 Å². The fourth-order valence-electron chi connectivity index (χ4n) is 3.37. The standard InChI is InChI=1S/C23H28N2O2S/c1-2-3-4-5-6-10-15-25-20-16-19(13-14-21(20)28-17-22(25)26)24-23(27)18-11-8-7-9-12-18/h7-9,11-14,16H,2-6,10,15,17H2,1H3,(H,24,27). The Morgan fingerprint density at radius 3 is 2.57 bits per heavy atom. The Balaban J connectivity index is 1.66. The monoisotopic (exact) mass is 396 g/mol. The number of benzene rings is 2. The Hall–Kier alpha value is -2.27. The van der Waals surface area contributed by atoms with E-state index in [9.17, 15) is 9.59 Å². The number of carbonyl (C=O) groups is 2. The molecule has 1 heterocycles. The van der Waals surface area contributed by atoms with Crippen molar-refractivity contribution in [1.82, 2.24) is 0 Å². The van der Waals surface area contributed by atoms with Crippen LogP contribution < -0.4 is 10.2 Å². The van der Waals surface area contributed by atoms with E-state index in [2.05, 4.69) is 12.2 Å². The van der Waals surface area contributed by atoms with Crippen molar-refractivity contribution in [2.24, 2.45) is 0 Å². The lowest BCUT2D eigenvalue weighted by molar-refractivity contribution is -0.116. The first-order valence-corrected chi connectivity index (χ1v) is 11.1. The lowest BCUT2D eigenvalue weighted by atomic mass is 10.1. The highest BCUT2D eigenvalue weighted by Gasteiger charge is 2.24. The number of fused-ring (bicyclic) bond motifs is 1. The lowest BCUT2D eigenvalue weighted by Crippen LogP contribution is -2.36. The van der Waals surface area contributed by atoms with E-state index in [1.807, 2.05) is 41.3 Å². The molecule has 2 amide bonds. The van der Waals surface area contributed by atoms with E-state index >= 15 is 0 Å². The van der Waals surface area contributed by atoms with Gasteiger partial charge in [0.15, 0.2) is 0 Å². The van der Waals surface area contributed by atoms with Crippen LogP contribution in [0.5, 0.6) is 0 Å². The number of unbranched alkanes of at least 4 members (excludes halogenated alkanes) is 5. The van der Waals surface area contributed by atoms with Crippen LogP contribution in [0, 0.1) is 0 Å². The van der Waals surface area contributed by atoms with Crippen LogP contribution >= 0.6 is 11.8 Å². The van der Waals surface area contributed by atoms with Crippen molar-refractivity contribution in [3.05, 3.63) is 54.1 Å². The molecule has 0 aromatic heterocycles. The van der Waals surface area contributed by atoms with Gasteiger partial charge in [-0.1, -0.05) is 57.2 Å². The molecule has 5 heteroatoms. The maximum absolute atomic E-state index is 12.5. The van der Waals surface area contributed by atoms with E-state index in [0.717, 1.165) is 35.7 Å². The molecule has 2 aromatic carbocycles. The molecule has 1 aliphatic heterocycles. The minimum atomic E-state index is -0.141. The topological polar surface area (TPSA) is 49.4 Å². The summed E-state index contributed by atoms with van der Waals surface area (Å²) in [5, 5.41) is 2.95. The third-order valence-corrected chi connectivity index (χ3v) is 5.98. The van der Waals surface area contributed by atoms with Gasteiger partial charge in [-0.2, -0.15) is 0 Å². The molecule has 1 N–H and O–H groups in total. The number of anilines is 2. The average molecular weight is 397 g/mol. The summed E-state index contributed by atoms with van der Waals surface area (Å²) in [6, 6.07) is 15.0. The molecule has 148 valence electrons. The molecular formula is C23H28N2O2S. The Kier molecular flexibility index (Phi) is 7.54.